The molecule has 0 aromatic carbocycles. The molecule has 0 N–H and O–H groups in total. The number of carbonyl (C=O) groups is 1. The van der Waals surface area contributed by atoms with Crippen molar-refractivity contribution in [1.82, 2.24) is 4.98 Å². The topological polar surface area (TPSA) is 39.2 Å². The lowest BCUT2D eigenvalue weighted by molar-refractivity contribution is 0.0535. The quantitative estimate of drug-likeness (QED) is 0.485. The summed E-state index contributed by atoms with van der Waals surface area (Å²) in [5.41, 5.74) is 1.48. The van der Waals surface area contributed by atoms with Crippen molar-refractivity contribution in [2.75, 3.05) is 0 Å². The Morgan fingerprint density at radius 2 is 2.45 bits per heavy atom. The summed E-state index contributed by atoms with van der Waals surface area (Å²) in [5.74, 6) is -0.261. The Hall–Kier alpha value is -0.900. The molecule has 1 aliphatic rings. The van der Waals surface area contributed by atoms with Gasteiger partial charge < -0.3 is 4.74 Å². The van der Waals surface area contributed by atoms with Crippen LogP contribution in [-0.2, 0) is 11.3 Å². The second kappa shape index (κ2) is 2.30. The first-order chi connectivity index (χ1) is 5.27. The van der Waals surface area contributed by atoms with E-state index in [0.717, 1.165) is 5.56 Å². The number of hydrogen-bond acceptors (Lipinski definition) is 3. The van der Waals surface area contributed by atoms with Crippen LogP contribution < -0.4 is 0 Å². The summed E-state index contributed by atoms with van der Waals surface area (Å²) in [6.07, 6.45) is 1.64. The van der Waals surface area contributed by atoms with Gasteiger partial charge in [0, 0.05) is 11.8 Å². The van der Waals surface area contributed by atoms with Crippen molar-refractivity contribution in [2.45, 2.75) is 6.61 Å². The first-order valence-corrected chi connectivity index (χ1v) is 3.88. The average Bonchev–Trinajstić information content (AvgIpc) is 2.33. The predicted molar refractivity (Wildman–Crippen MR) is 41.1 cm³/mol. The maximum absolute atomic E-state index is 10.9. The van der Waals surface area contributed by atoms with Crippen molar-refractivity contribution in [1.29, 1.82) is 0 Å². The fraction of sp³-hybridized carbons (Fsp3) is 0.143. The molecule has 2 rings (SSSR count). The summed E-state index contributed by atoms with van der Waals surface area (Å²) in [6, 6.07) is 1.67. The summed E-state index contributed by atoms with van der Waals surface area (Å²) >= 11 is 3.17. The van der Waals surface area contributed by atoms with Crippen molar-refractivity contribution >= 4 is 21.9 Å². The molecule has 2 heterocycles. The number of halogens is 1. The molecule has 0 atom stereocenters. The van der Waals surface area contributed by atoms with Gasteiger partial charge in [0.2, 0.25) is 0 Å². The second-order valence-electron chi connectivity index (χ2n) is 2.24. The van der Waals surface area contributed by atoms with E-state index in [1.165, 1.54) is 0 Å². The molecule has 4 heteroatoms. The van der Waals surface area contributed by atoms with Crippen molar-refractivity contribution in [3.05, 3.63) is 28.0 Å². The molecule has 0 saturated carbocycles. The highest BCUT2D eigenvalue weighted by molar-refractivity contribution is 9.10. The smallest absolute Gasteiger partial charge is 0.339 e. The van der Waals surface area contributed by atoms with E-state index in [2.05, 4.69) is 20.9 Å². The van der Waals surface area contributed by atoms with E-state index in [-0.39, 0.29) is 5.97 Å². The molecule has 3 nitrogen and oxygen atoms in total. The van der Waals surface area contributed by atoms with Crippen LogP contribution in [0.4, 0.5) is 0 Å². The number of cyclic esters (lactones) is 1. The SMILES string of the molecule is O=C1OCc2cnc(Br)cc21. The van der Waals surface area contributed by atoms with Crippen LogP contribution in [0.15, 0.2) is 16.9 Å². The van der Waals surface area contributed by atoms with Crippen LogP contribution >= 0.6 is 15.9 Å². The third kappa shape index (κ3) is 1.03. The first kappa shape index (κ1) is 6.79. The molecule has 0 saturated heterocycles. The van der Waals surface area contributed by atoms with E-state index in [0.29, 0.717) is 16.8 Å². The number of nitrogens with zero attached hydrogens (tertiary/aromatic N) is 1. The van der Waals surface area contributed by atoms with Crippen molar-refractivity contribution < 1.29 is 9.53 Å². The third-order valence-electron chi connectivity index (χ3n) is 1.53. The largest absolute Gasteiger partial charge is 0.457 e. The fourth-order valence-electron chi connectivity index (χ4n) is 0.984. The summed E-state index contributed by atoms with van der Waals surface area (Å²) in [5, 5.41) is 0. The highest BCUT2D eigenvalue weighted by Gasteiger charge is 2.21. The Bertz CT molecular complexity index is 324. The Kier molecular flexibility index (Phi) is 1.42. The van der Waals surface area contributed by atoms with Crippen molar-refractivity contribution in [3.8, 4) is 0 Å². The monoisotopic (exact) mass is 213 g/mol. The van der Waals surface area contributed by atoms with Crippen molar-refractivity contribution in [3.63, 3.8) is 0 Å². The van der Waals surface area contributed by atoms with Gasteiger partial charge >= 0.3 is 5.97 Å². The highest BCUT2D eigenvalue weighted by Crippen LogP contribution is 2.21. The molecule has 1 aromatic heterocycles. The molecule has 11 heavy (non-hydrogen) atoms. The van der Waals surface area contributed by atoms with E-state index in [4.69, 9.17) is 4.74 Å². The van der Waals surface area contributed by atoms with Crippen LogP contribution in [-0.4, -0.2) is 11.0 Å². The number of ether oxygens (including phenoxy) is 1. The summed E-state index contributed by atoms with van der Waals surface area (Å²) < 4.78 is 5.44. The molecule has 0 spiro atoms. The number of fused-ring (bicyclic) bond motifs is 1. The summed E-state index contributed by atoms with van der Waals surface area (Å²) in [7, 11) is 0. The third-order valence-corrected chi connectivity index (χ3v) is 1.97. The van der Waals surface area contributed by atoms with Crippen LogP contribution in [0.1, 0.15) is 15.9 Å². The number of aromatic nitrogens is 1. The minimum absolute atomic E-state index is 0.261. The molecule has 1 aliphatic heterocycles. The van der Waals surface area contributed by atoms with Crippen LogP contribution in [0.25, 0.3) is 0 Å². The molecule has 0 amide bonds. The lowest BCUT2D eigenvalue weighted by Crippen LogP contribution is -1.93. The molecular formula is C7H4BrNO2. The van der Waals surface area contributed by atoms with Gasteiger partial charge in [-0.15, -0.1) is 0 Å². The van der Waals surface area contributed by atoms with Gasteiger partial charge in [-0.2, -0.15) is 0 Å². The zero-order valence-corrected chi connectivity index (χ0v) is 7.09. The minimum atomic E-state index is -0.261. The number of hydrogen-bond donors (Lipinski definition) is 0. The van der Waals surface area contributed by atoms with E-state index in [1.54, 1.807) is 12.3 Å². The van der Waals surface area contributed by atoms with Crippen LogP contribution in [0, 0.1) is 0 Å². The first-order valence-electron chi connectivity index (χ1n) is 3.09. The van der Waals surface area contributed by atoms with E-state index >= 15 is 0 Å². The molecule has 0 bridgehead atoms. The number of esters is 1. The average molecular weight is 214 g/mol. The number of pyridine rings is 1. The zero-order valence-electron chi connectivity index (χ0n) is 5.50. The Morgan fingerprint density at radius 3 is 3.27 bits per heavy atom. The molecule has 0 unspecified atom stereocenters. The Morgan fingerprint density at radius 1 is 1.64 bits per heavy atom. The van der Waals surface area contributed by atoms with Crippen molar-refractivity contribution in [2.24, 2.45) is 0 Å². The van der Waals surface area contributed by atoms with Gasteiger partial charge in [0.1, 0.15) is 11.2 Å². The normalized spacial score (nSPS) is 14.5. The van der Waals surface area contributed by atoms with E-state index < -0.39 is 0 Å². The molecule has 0 fully saturated rings. The second-order valence-corrected chi connectivity index (χ2v) is 3.05. The lowest BCUT2D eigenvalue weighted by atomic mass is 10.2. The van der Waals surface area contributed by atoms with Gasteiger partial charge in [-0.1, -0.05) is 0 Å². The molecule has 56 valence electrons. The van der Waals surface area contributed by atoms with Gasteiger partial charge in [0.25, 0.3) is 0 Å². The van der Waals surface area contributed by atoms with Crippen LogP contribution in [0.3, 0.4) is 0 Å². The highest BCUT2D eigenvalue weighted by atomic mass is 79.9. The standard InChI is InChI=1S/C7H4BrNO2/c8-6-1-5-4(2-9-6)3-11-7(5)10/h1-2H,3H2. The Labute approximate surface area is 71.5 Å². The maximum Gasteiger partial charge on any atom is 0.339 e. The van der Waals surface area contributed by atoms with Crippen LogP contribution in [0.2, 0.25) is 0 Å². The van der Waals surface area contributed by atoms with Gasteiger partial charge in [-0.25, -0.2) is 9.78 Å². The number of carbonyl (C=O) groups excluding carboxylic acids is 1. The van der Waals surface area contributed by atoms with Gasteiger partial charge in [0.05, 0.1) is 5.56 Å². The van der Waals surface area contributed by atoms with Crippen LogP contribution in [0.5, 0.6) is 0 Å². The van der Waals surface area contributed by atoms with E-state index in [1.807, 2.05) is 0 Å². The molecule has 0 aliphatic carbocycles. The van der Waals surface area contributed by atoms with E-state index in [9.17, 15) is 4.79 Å². The minimum Gasteiger partial charge on any atom is -0.457 e. The molecule has 0 radical (unpaired) electrons. The maximum atomic E-state index is 10.9. The summed E-state index contributed by atoms with van der Waals surface area (Å²) in [4.78, 5) is 14.9. The van der Waals surface area contributed by atoms with Gasteiger partial charge in [-0.3, -0.25) is 0 Å². The number of rotatable bonds is 0. The van der Waals surface area contributed by atoms with Gasteiger partial charge in [0.15, 0.2) is 0 Å². The van der Waals surface area contributed by atoms with Gasteiger partial charge in [-0.05, 0) is 22.0 Å². The zero-order chi connectivity index (χ0) is 7.84. The summed E-state index contributed by atoms with van der Waals surface area (Å²) in [6.45, 7) is 0.356. The predicted octanol–water partition coefficient (Wildman–Crippen LogP) is 1.51. The Balaban J connectivity index is 2.60. The lowest BCUT2D eigenvalue weighted by Gasteiger charge is -1.91. The molecular weight excluding hydrogens is 210 g/mol. The molecule has 1 aromatic rings. The fourth-order valence-corrected chi connectivity index (χ4v) is 1.32.